The molecule has 3 fully saturated rings. The highest BCUT2D eigenvalue weighted by Crippen LogP contribution is 2.22. The SMILES string of the molecule is CCc1ccc(C[C@@H](NC(=O)N2CCC(N(C=O)CCc3cscc3N)CC2)C(=O)N2CCN(C3CCN(C)CC3)CC2)cc1CC. The van der Waals surface area contributed by atoms with Gasteiger partial charge < -0.3 is 30.7 Å². The molecule has 4 heterocycles. The molecule has 11 heteroatoms. The second-order valence-electron chi connectivity index (χ2n) is 13.6. The summed E-state index contributed by atoms with van der Waals surface area (Å²) in [5, 5.41) is 7.13. The number of nitrogens with one attached hydrogen (secondary N) is 1. The molecule has 0 spiro atoms. The van der Waals surface area contributed by atoms with Crippen molar-refractivity contribution in [2.24, 2.45) is 0 Å². The Morgan fingerprint density at radius 3 is 2.26 bits per heavy atom. The van der Waals surface area contributed by atoms with Gasteiger partial charge in [0.1, 0.15) is 6.04 Å². The van der Waals surface area contributed by atoms with Crippen molar-refractivity contribution < 1.29 is 14.4 Å². The van der Waals surface area contributed by atoms with Crippen molar-refractivity contribution in [3.05, 3.63) is 51.2 Å². The summed E-state index contributed by atoms with van der Waals surface area (Å²) in [4.78, 5) is 50.4. The summed E-state index contributed by atoms with van der Waals surface area (Å²) in [6, 6.07) is 6.35. The number of hydrogen-bond acceptors (Lipinski definition) is 7. The van der Waals surface area contributed by atoms with E-state index in [0.717, 1.165) is 68.7 Å². The zero-order valence-electron chi connectivity index (χ0n) is 28.7. The number of carbonyl (C=O) groups is 3. The van der Waals surface area contributed by atoms with Crippen LogP contribution in [0.25, 0.3) is 0 Å². The Morgan fingerprint density at radius 1 is 0.936 bits per heavy atom. The molecule has 5 rings (SSSR count). The van der Waals surface area contributed by atoms with E-state index in [1.807, 2.05) is 25.5 Å². The molecule has 1 aromatic heterocycles. The predicted octanol–water partition coefficient (Wildman–Crippen LogP) is 3.48. The number of carbonyl (C=O) groups excluding carboxylic acids is 3. The van der Waals surface area contributed by atoms with E-state index >= 15 is 0 Å². The first-order valence-electron chi connectivity index (χ1n) is 17.7. The number of aryl methyl sites for hydroxylation is 2. The Bertz CT molecular complexity index is 1330. The zero-order valence-corrected chi connectivity index (χ0v) is 29.5. The van der Waals surface area contributed by atoms with Gasteiger partial charge in [-0.1, -0.05) is 32.0 Å². The lowest BCUT2D eigenvalue weighted by molar-refractivity contribution is -0.135. The lowest BCUT2D eigenvalue weighted by atomic mass is 9.96. The van der Waals surface area contributed by atoms with Crippen LogP contribution in [-0.2, 0) is 35.3 Å². The maximum absolute atomic E-state index is 14.1. The number of anilines is 1. The number of piperazine rings is 1. The maximum Gasteiger partial charge on any atom is 0.318 e. The summed E-state index contributed by atoms with van der Waals surface area (Å²) < 4.78 is 0. The molecule has 47 heavy (non-hydrogen) atoms. The maximum atomic E-state index is 14.1. The van der Waals surface area contributed by atoms with Crippen molar-refractivity contribution in [2.75, 3.05) is 71.7 Å². The fourth-order valence-electron chi connectivity index (χ4n) is 7.55. The van der Waals surface area contributed by atoms with Crippen LogP contribution < -0.4 is 11.1 Å². The first-order chi connectivity index (χ1) is 22.8. The standard InChI is InChI=1S/C36H55N7O3S/c1-4-28-7-6-27(22-29(28)5-2)23-34(35(45)41-20-18-40(19-21-41)31-9-13-39(3)14-10-31)38-36(46)42-16-11-32(12-17-42)43(26-44)15-8-30-24-47-25-33(30)37/h6-7,22,24-26,31-32,34H,4-5,8-21,23,37H2,1-3H3,(H,38,46)/t34-/m1/s1. The molecule has 0 saturated carbocycles. The number of hydrogen-bond donors (Lipinski definition) is 2. The highest BCUT2D eigenvalue weighted by molar-refractivity contribution is 7.08. The Labute approximate surface area is 285 Å². The van der Waals surface area contributed by atoms with Gasteiger partial charge in [0.15, 0.2) is 0 Å². The minimum absolute atomic E-state index is 0.00807. The minimum Gasteiger partial charge on any atom is -0.398 e. The van der Waals surface area contributed by atoms with Crippen molar-refractivity contribution in [1.82, 2.24) is 29.8 Å². The minimum atomic E-state index is -0.630. The van der Waals surface area contributed by atoms with Crippen molar-refractivity contribution >= 4 is 35.4 Å². The van der Waals surface area contributed by atoms with E-state index in [1.54, 1.807) is 11.3 Å². The normalized spacial score (nSPS) is 19.5. The highest BCUT2D eigenvalue weighted by Gasteiger charge is 2.34. The zero-order chi connectivity index (χ0) is 33.3. The fourth-order valence-corrected chi connectivity index (χ4v) is 8.34. The van der Waals surface area contributed by atoms with Gasteiger partial charge in [0.2, 0.25) is 12.3 Å². The molecule has 3 aliphatic heterocycles. The van der Waals surface area contributed by atoms with Crippen LogP contribution in [0.3, 0.4) is 0 Å². The molecule has 3 aliphatic rings. The predicted molar refractivity (Wildman–Crippen MR) is 190 cm³/mol. The van der Waals surface area contributed by atoms with Crippen LogP contribution in [0.2, 0.25) is 0 Å². The van der Waals surface area contributed by atoms with E-state index in [4.69, 9.17) is 5.73 Å². The lowest BCUT2D eigenvalue weighted by Crippen LogP contribution is -2.59. The second-order valence-corrected chi connectivity index (χ2v) is 14.3. The van der Waals surface area contributed by atoms with Gasteiger partial charge in [0, 0.05) is 75.4 Å². The Balaban J connectivity index is 1.20. The quantitative estimate of drug-likeness (QED) is 0.337. The summed E-state index contributed by atoms with van der Waals surface area (Å²) in [5.74, 6) is 0.00807. The van der Waals surface area contributed by atoms with E-state index in [9.17, 15) is 14.4 Å². The van der Waals surface area contributed by atoms with Crippen LogP contribution in [0.1, 0.15) is 61.8 Å². The van der Waals surface area contributed by atoms with Gasteiger partial charge in [0.05, 0.1) is 0 Å². The molecule has 3 N–H and O–H groups in total. The average Bonchev–Trinajstić information content (AvgIpc) is 3.52. The fraction of sp³-hybridized carbons (Fsp3) is 0.639. The molecule has 0 bridgehead atoms. The van der Waals surface area contributed by atoms with Crippen LogP contribution in [-0.4, -0.2) is 127 Å². The van der Waals surface area contributed by atoms with Crippen molar-refractivity contribution in [3.8, 4) is 0 Å². The molecule has 0 radical (unpaired) electrons. The molecule has 1 atom stereocenters. The highest BCUT2D eigenvalue weighted by atomic mass is 32.1. The van der Waals surface area contributed by atoms with Crippen molar-refractivity contribution in [3.63, 3.8) is 0 Å². The van der Waals surface area contributed by atoms with E-state index < -0.39 is 6.04 Å². The monoisotopic (exact) mass is 665 g/mol. The van der Waals surface area contributed by atoms with Crippen LogP contribution in [0.4, 0.5) is 10.5 Å². The lowest BCUT2D eigenvalue weighted by Gasteiger charge is -2.43. The number of nitrogen functional groups attached to an aromatic ring is 1. The number of piperidine rings is 2. The summed E-state index contributed by atoms with van der Waals surface area (Å²) in [7, 11) is 2.19. The van der Waals surface area contributed by atoms with Crippen molar-refractivity contribution in [2.45, 2.75) is 83.3 Å². The van der Waals surface area contributed by atoms with Crippen LogP contribution >= 0.6 is 11.3 Å². The molecular formula is C36H55N7O3S. The summed E-state index contributed by atoms with van der Waals surface area (Å²) >= 11 is 1.58. The molecule has 1 aromatic carbocycles. The van der Waals surface area contributed by atoms with E-state index in [1.165, 1.54) is 24.0 Å². The molecule has 0 unspecified atom stereocenters. The molecule has 2 aromatic rings. The third kappa shape index (κ3) is 9.06. The van der Waals surface area contributed by atoms with E-state index in [2.05, 4.69) is 54.2 Å². The number of thiophene rings is 1. The topological polar surface area (TPSA) is 105 Å². The molecular weight excluding hydrogens is 611 g/mol. The largest absolute Gasteiger partial charge is 0.398 e. The molecule has 3 saturated heterocycles. The van der Waals surface area contributed by atoms with Gasteiger partial charge in [-0.25, -0.2) is 4.79 Å². The first-order valence-corrected chi connectivity index (χ1v) is 18.6. The van der Waals surface area contributed by atoms with Crippen LogP contribution in [0.15, 0.2) is 29.0 Å². The van der Waals surface area contributed by atoms with Gasteiger partial charge >= 0.3 is 6.03 Å². The number of nitrogens with zero attached hydrogens (tertiary/aromatic N) is 5. The number of rotatable bonds is 12. The number of nitrogens with two attached hydrogens (primary N) is 1. The Morgan fingerprint density at radius 2 is 1.64 bits per heavy atom. The first kappa shape index (κ1) is 35.2. The van der Waals surface area contributed by atoms with Crippen LogP contribution in [0.5, 0.6) is 0 Å². The number of amides is 4. The molecule has 10 nitrogen and oxygen atoms in total. The third-order valence-corrected chi connectivity index (χ3v) is 11.5. The summed E-state index contributed by atoms with van der Waals surface area (Å²) in [6.07, 6.45) is 7.82. The average molecular weight is 666 g/mol. The van der Waals surface area contributed by atoms with Gasteiger partial charge in [0.25, 0.3) is 0 Å². The summed E-state index contributed by atoms with van der Waals surface area (Å²) in [6.45, 7) is 11.4. The van der Waals surface area contributed by atoms with Gasteiger partial charge in [-0.2, -0.15) is 0 Å². The molecule has 0 aliphatic carbocycles. The van der Waals surface area contributed by atoms with Gasteiger partial charge in [-0.05, 0) is 92.7 Å². The van der Waals surface area contributed by atoms with Crippen molar-refractivity contribution in [1.29, 1.82) is 0 Å². The Hall–Kier alpha value is -3.15. The van der Waals surface area contributed by atoms with Gasteiger partial charge in [-0.3, -0.25) is 14.5 Å². The number of benzene rings is 1. The number of urea groups is 1. The molecule has 258 valence electrons. The molecule has 4 amide bonds. The third-order valence-electron chi connectivity index (χ3n) is 10.7. The second kappa shape index (κ2) is 16.8. The number of likely N-dealkylation sites (tertiary alicyclic amines) is 2. The van der Waals surface area contributed by atoms with E-state index in [-0.39, 0.29) is 18.0 Å². The smallest absolute Gasteiger partial charge is 0.318 e. The van der Waals surface area contributed by atoms with Gasteiger partial charge in [-0.15, -0.1) is 11.3 Å². The van der Waals surface area contributed by atoms with E-state index in [0.29, 0.717) is 58.0 Å². The summed E-state index contributed by atoms with van der Waals surface area (Å²) in [5.41, 5.74) is 11.6. The van der Waals surface area contributed by atoms with Crippen LogP contribution in [0, 0.1) is 0 Å². The Kier molecular flexibility index (Phi) is 12.6.